The highest BCUT2D eigenvalue weighted by atomic mass is 35.5. The summed E-state index contributed by atoms with van der Waals surface area (Å²) in [5.74, 6) is 0.166. The normalized spacial score (nSPS) is 13.7. The highest BCUT2D eigenvalue weighted by molar-refractivity contribution is 7.99. The number of carbonyl (C=O) groups is 1. The van der Waals surface area contributed by atoms with Crippen LogP contribution in [0.25, 0.3) is 16.6 Å². The predicted molar refractivity (Wildman–Crippen MR) is 109 cm³/mol. The second-order valence-electron chi connectivity index (χ2n) is 6.66. The van der Waals surface area contributed by atoms with E-state index < -0.39 is 0 Å². The zero-order valence-electron chi connectivity index (χ0n) is 14.7. The predicted octanol–water partition coefficient (Wildman–Crippen LogP) is 3.72. The molecule has 3 aromatic rings. The summed E-state index contributed by atoms with van der Waals surface area (Å²) in [5, 5.41) is 4.44. The lowest BCUT2D eigenvalue weighted by atomic mass is 10.2. The van der Waals surface area contributed by atoms with E-state index in [9.17, 15) is 9.59 Å². The van der Waals surface area contributed by atoms with E-state index in [4.69, 9.17) is 11.6 Å². The Bertz CT molecular complexity index is 1080. The van der Waals surface area contributed by atoms with Crippen molar-refractivity contribution in [2.75, 3.05) is 5.75 Å². The number of benzene rings is 2. The first kappa shape index (κ1) is 18.1. The van der Waals surface area contributed by atoms with Gasteiger partial charge in [-0.1, -0.05) is 41.1 Å². The fourth-order valence-corrected chi connectivity index (χ4v) is 3.77. The summed E-state index contributed by atoms with van der Waals surface area (Å²) in [4.78, 5) is 29.9. The van der Waals surface area contributed by atoms with Crippen LogP contribution < -0.4 is 10.9 Å². The number of nitrogens with zero attached hydrogens (tertiary/aromatic N) is 2. The van der Waals surface area contributed by atoms with Crippen LogP contribution in [0.15, 0.2) is 52.4 Å². The third-order valence-electron chi connectivity index (χ3n) is 4.37. The zero-order chi connectivity index (χ0) is 19.0. The van der Waals surface area contributed by atoms with E-state index in [1.165, 1.54) is 11.8 Å². The third-order valence-corrected chi connectivity index (χ3v) is 5.54. The van der Waals surface area contributed by atoms with Crippen molar-refractivity contribution in [2.24, 2.45) is 0 Å². The molecule has 1 fully saturated rings. The lowest BCUT2D eigenvalue weighted by molar-refractivity contribution is -0.118. The van der Waals surface area contributed by atoms with Gasteiger partial charge in [-0.25, -0.2) is 4.98 Å². The topological polar surface area (TPSA) is 64.0 Å². The molecule has 5 nitrogen and oxygen atoms in total. The molecule has 138 valence electrons. The van der Waals surface area contributed by atoms with Gasteiger partial charge in [0.1, 0.15) is 0 Å². The van der Waals surface area contributed by atoms with E-state index >= 15 is 0 Å². The first-order chi connectivity index (χ1) is 13.0. The molecule has 0 spiro atoms. The molecule has 0 aliphatic heterocycles. The largest absolute Gasteiger partial charge is 0.353 e. The van der Waals surface area contributed by atoms with Gasteiger partial charge in [0.25, 0.3) is 5.56 Å². The SMILES string of the molecule is Cc1ccc(-n2c(SCC(=O)NC3CC3)nc3cc(Cl)ccc3c2=O)cc1. The molecular weight excluding hydrogens is 382 g/mol. The first-order valence-corrected chi connectivity index (χ1v) is 10.1. The van der Waals surface area contributed by atoms with Crippen molar-refractivity contribution in [2.45, 2.75) is 31.0 Å². The van der Waals surface area contributed by atoms with Crippen LogP contribution in [0.4, 0.5) is 0 Å². The monoisotopic (exact) mass is 399 g/mol. The molecule has 27 heavy (non-hydrogen) atoms. The van der Waals surface area contributed by atoms with Gasteiger partial charge in [0.05, 0.1) is 22.3 Å². The molecule has 1 aromatic heterocycles. The molecule has 0 radical (unpaired) electrons. The van der Waals surface area contributed by atoms with E-state index in [1.54, 1.807) is 22.8 Å². The highest BCUT2D eigenvalue weighted by Crippen LogP contribution is 2.24. The summed E-state index contributed by atoms with van der Waals surface area (Å²) in [6.07, 6.45) is 2.08. The van der Waals surface area contributed by atoms with Crippen LogP contribution in [-0.4, -0.2) is 27.3 Å². The van der Waals surface area contributed by atoms with Crippen LogP contribution in [0.3, 0.4) is 0 Å². The Balaban J connectivity index is 1.78. The van der Waals surface area contributed by atoms with Crippen LogP contribution in [0.5, 0.6) is 0 Å². The average Bonchev–Trinajstić information content (AvgIpc) is 3.45. The van der Waals surface area contributed by atoms with Crippen LogP contribution in [0.1, 0.15) is 18.4 Å². The van der Waals surface area contributed by atoms with E-state index in [1.807, 2.05) is 31.2 Å². The summed E-state index contributed by atoms with van der Waals surface area (Å²) < 4.78 is 1.56. The number of hydrogen-bond donors (Lipinski definition) is 1. The number of amides is 1. The Kier molecular flexibility index (Phi) is 4.93. The Labute approximate surface area is 165 Å². The minimum absolute atomic E-state index is 0.0432. The molecule has 0 saturated heterocycles. The van der Waals surface area contributed by atoms with Crippen LogP contribution in [0, 0.1) is 6.92 Å². The number of nitrogens with one attached hydrogen (secondary N) is 1. The highest BCUT2D eigenvalue weighted by Gasteiger charge is 2.23. The minimum atomic E-state index is -0.175. The van der Waals surface area contributed by atoms with Gasteiger partial charge in [0.2, 0.25) is 5.91 Å². The number of fused-ring (bicyclic) bond motifs is 1. The standard InChI is InChI=1S/C20H18ClN3O2S/c1-12-2-7-15(8-3-12)24-19(26)16-9-4-13(21)10-17(16)23-20(24)27-11-18(25)22-14-5-6-14/h2-4,7-10,14H,5-6,11H2,1H3,(H,22,25). The molecule has 4 rings (SSSR count). The molecule has 1 heterocycles. The number of aryl methyl sites for hydroxylation is 1. The molecule has 1 saturated carbocycles. The molecule has 1 amide bonds. The smallest absolute Gasteiger partial charge is 0.266 e. The van der Waals surface area contributed by atoms with Gasteiger partial charge < -0.3 is 5.32 Å². The van der Waals surface area contributed by atoms with Gasteiger partial charge in [-0.2, -0.15) is 0 Å². The fraction of sp³-hybridized carbons (Fsp3) is 0.250. The van der Waals surface area contributed by atoms with Crippen molar-refractivity contribution in [3.8, 4) is 5.69 Å². The van der Waals surface area contributed by atoms with Crippen molar-refractivity contribution in [1.29, 1.82) is 0 Å². The minimum Gasteiger partial charge on any atom is -0.353 e. The summed E-state index contributed by atoms with van der Waals surface area (Å²) in [6, 6.07) is 13.0. The number of halogens is 1. The molecule has 1 N–H and O–H groups in total. The van der Waals surface area contributed by atoms with Crippen LogP contribution >= 0.6 is 23.4 Å². The molecule has 1 aliphatic rings. The molecule has 2 aromatic carbocycles. The van der Waals surface area contributed by atoms with Crippen molar-refractivity contribution < 1.29 is 4.79 Å². The van der Waals surface area contributed by atoms with E-state index in [0.29, 0.717) is 27.1 Å². The Morgan fingerprint density at radius 3 is 2.70 bits per heavy atom. The van der Waals surface area contributed by atoms with Gasteiger partial charge >= 0.3 is 0 Å². The van der Waals surface area contributed by atoms with Gasteiger partial charge in [-0.05, 0) is 50.1 Å². The lowest BCUT2D eigenvalue weighted by Gasteiger charge is -2.13. The Hall–Kier alpha value is -2.31. The maximum Gasteiger partial charge on any atom is 0.266 e. The number of thioether (sulfide) groups is 1. The maximum atomic E-state index is 13.1. The van der Waals surface area contributed by atoms with E-state index in [2.05, 4.69) is 10.3 Å². The molecule has 0 unspecified atom stereocenters. The van der Waals surface area contributed by atoms with Gasteiger partial charge in [-0.3, -0.25) is 14.2 Å². The number of hydrogen-bond acceptors (Lipinski definition) is 4. The van der Waals surface area contributed by atoms with E-state index in [0.717, 1.165) is 24.1 Å². The molecule has 1 aliphatic carbocycles. The van der Waals surface area contributed by atoms with Crippen molar-refractivity contribution >= 4 is 40.2 Å². The number of aromatic nitrogens is 2. The lowest BCUT2D eigenvalue weighted by Crippen LogP contribution is -2.28. The number of rotatable bonds is 5. The van der Waals surface area contributed by atoms with Crippen molar-refractivity contribution in [1.82, 2.24) is 14.9 Å². The molecule has 0 atom stereocenters. The second-order valence-corrected chi connectivity index (χ2v) is 8.04. The molecule has 0 bridgehead atoms. The van der Waals surface area contributed by atoms with Gasteiger partial charge in [0.15, 0.2) is 5.16 Å². The van der Waals surface area contributed by atoms with E-state index in [-0.39, 0.29) is 17.2 Å². The summed E-state index contributed by atoms with van der Waals surface area (Å²) >= 11 is 7.33. The fourth-order valence-electron chi connectivity index (χ4n) is 2.78. The van der Waals surface area contributed by atoms with Crippen molar-refractivity contribution in [3.05, 3.63) is 63.4 Å². The van der Waals surface area contributed by atoms with Crippen LogP contribution in [0.2, 0.25) is 5.02 Å². The average molecular weight is 400 g/mol. The zero-order valence-corrected chi connectivity index (χ0v) is 16.3. The summed E-state index contributed by atoms with van der Waals surface area (Å²) in [7, 11) is 0. The summed E-state index contributed by atoms with van der Waals surface area (Å²) in [5.41, 5.74) is 2.18. The second kappa shape index (κ2) is 7.37. The number of carbonyl (C=O) groups excluding carboxylic acids is 1. The van der Waals surface area contributed by atoms with Gasteiger partial charge in [0, 0.05) is 11.1 Å². The quantitative estimate of drug-likeness (QED) is 0.524. The first-order valence-electron chi connectivity index (χ1n) is 8.73. The van der Waals surface area contributed by atoms with Gasteiger partial charge in [-0.15, -0.1) is 0 Å². The maximum absolute atomic E-state index is 13.1. The van der Waals surface area contributed by atoms with Crippen LogP contribution in [-0.2, 0) is 4.79 Å². The molecule has 7 heteroatoms. The summed E-state index contributed by atoms with van der Waals surface area (Å²) in [6.45, 7) is 1.99. The third kappa shape index (κ3) is 4.01. The molecular formula is C20H18ClN3O2S. The van der Waals surface area contributed by atoms with Crippen molar-refractivity contribution in [3.63, 3.8) is 0 Å². The Morgan fingerprint density at radius 1 is 1.26 bits per heavy atom. The Morgan fingerprint density at radius 2 is 2.00 bits per heavy atom.